The van der Waals surface area contributed by atoms with Crippen LogP contribution in [0.5, 0.6) is 11.5 Å². The molecule has 0 aliphatic heterocycles. The van der Waals surface area contributed by atoms with E-state index in [9.17, 15) is 18.4 Å². The molecule has 1 N–H and O–H groups in total. The number of nitrogens with zero attached hydrogens (tertiary/aromatic N) is 1. The lowest BCUT2D eigenvalue weighted by molar-refractivity contribution is -0.111. The fourth-order valence-corrected chi connectivity index (χ4v) is 2.81. The van der Waals surface area contributed by atoms with Gasteiger partial charge in [-0.2, -0.15) is 8.78 Å². The van der Waals surface area contributed by atoms with Crippen LogP contribution in [-0.2, 0) is 4.79 Å². The molecule has 6 nitrogen and oxygen atoms in total. The second-order valence-corrected chi connectivity index (χ2v) is 6.14. The SMILES string of the molecule is CCN(CC)C(=O)c1cccc(NC(=O)/C=C/c2cccc(OC)c2OC(F)F)c1. The third-order valence-corrected chi connectivity index (χ3v) is 4.28. The third kappa shape index (κ3) is 6.04. The highest BCUT2D eigenvalue weighted by Gasteiger charge is 2.15. The van der Waals surface area contributed by atoms with E-state index < -0.39 is 12.5 Å². The van der Waals surface area contributed by atoms with E-state index >= 15 is 0 Å². The first-order valence-corrected chi connectivity index (χ1v) is 9.39. The maximum Gasteiger partial charge on any atom is 0.387 e. The van der Waals surface area contributed by atoms with Crippen LogP contribution < -0.4 is 14.8 Å². The van der Waals surface area contributed by atoms with E-state index in [4.69, 9.17) is 4.74 Å². The smallest absolute Gasteiger partial charge is 0.387 e. The van der Waals surface area contributed by atoms with E-state index in [-0.39, 0.29) is 23.0 Å². The average molecular weight is 418 g/mol. The number of carbonyl (C=O) groups is 2. The standard InChI is InChI=1S/C22H24F2N2O4/c1-4-26(5-2)21(28)16-9-6-10-17(14-16)25-19(27)13-12-15-8-7-11-18(29-3)20(15)30-22(23)24/h6-14,22H,4-5H2,1-3H3,(H,25,27)/b13-12+. The van der Waals surface area contributed by atoms with Crippen LogP contribution >= 0.6 is 0 Å². The van der Waals surface area contributed by atoms with Gasteiger partial charge in [-0.15, -0.1) is 0 Å². The van der Waals surface area contributed by atoms with Gasteiger partial charge in [0.25, 0.3) is 5.91 Å². The van der Waals surface area contributed by atoms with Crippen molar-refractivity contribution in [3.8, 4) is 11.5 Å². The second kappa shape index (κ2) is 10.9. The summed E-state index contributed by atoms with van der Waals surface area (Å²) in [5.41, 5.74) is 1.16. The Morgan fingerprint density at radius 2 is 1.83 bits per heavy atom. The third-order valence-electron chi connectivity index (χ3n) is 4.28. The average Bonchev–Trinajstić information content (AvgIpc) is 2.73. The molecule has 2 aromatic rings. The summed E-state index contributed by atoms with van der Waals surface area (Å²) in [4.78, 5) is 26.4. The van der Waals surface area contributed by atoms with Crippen LogP contribution in [-0.4, -0.2) is 43.5 Å². The lowest BCUT2D eigenvalue weighted by Crippen LogP contribution is -2.30. The minimum absolute atomic E-state index is 0.125. The number of nitrogens with one attached hydrogen (secondary N) is 1. The molecule has 0 radical (unpaired) electrons. The number of alkyl halides is 2. The van der Waals surface area contributed by atoms with Crippen molar-refractivity contribution < 1.29 is 27.8 Å². The lowest BCUT2D eigenvalue weighted by atomic mass is 10.1. The molecular weight excluding hydrogens is 394 g/mol. The van der Waals surface area contributed by atoms with E-state index in [0.29, 0.717) is 24.3 Å². The van der Waals surface area contributed by atoms with Gasteiger partial charge < -0.3 is 19.7 Å². The lowest BCUT2D eigenvalue weighted by Gasteiger charge is -2.18. The topological polar surface area (TPSA) is 67.9 Å². The number of para-hydroxylation sites is 1. The normalized spacial score (nSPS) is 10.9. The number of methoxy groups -OCH3 is 1. The molecule has 2 aromatic carbocycles. The first-order chi connectivity index (χ1) is 14.4. The molecule has 8 heteroatoms. The Bertz CT molecular complexity index is 912. The van der Waals surface area contributed by atoms with E-state index in [1.807, 2.05) is 13.8 Å². The number of benzene rings is 2. The zero-order chi connectivity index (χ0) is 22.1. The summed E-state index contributed by atoms with van der Waals surface area (Å²) in [6.07, 6.45) is 2.53. The number of ether oxygens (including phenoxy) is 2. The van der Waals surface area contributed by atoms with Gasteiger partial charge in [-0.25, -0.2) is 0 Å². The van der Waals surface area contributed by atoms with Gasteiger partial charge in [0.2, 0.25) is 5.91 Å². The number of hydrogen-bond donors (Lipinski definition) is 1. The molecule has 160 valence electrons. The quantitative estimate of drug-likeness (QED) is 0.612. The molecule has 0 spiro atoms. The van der Waals surface area contributed by atoms with Gasteiger partial charge in [0.15, 0.2) is 11.5 Å². The Morgan fingerprint density at radius 1 is 1.13 bits per heavy atom. The summed E-state index contributed by atoms with van der Waals surface area (Å²) in [5, 5.41) is 2.65. The highest BCUT2D eigenvalue weighted by atomic mass is 19.3. The monoisotopic (exact) mass is 418 g/mol. The Labute approximate surface area is 174 Å². The summed E-state index contributed by atoms with van der Waals surface area (Å²) in [6.45, 7) is 1.91. The van der Waals surface area contributed by atoms with E-state index in [0.717, 1.165) is 0 Å². The zero-order valence-electron chi connectivity index (χ0n) is 17.0. The Balaban J connectivity index is 2.16. The molecular formula is C22H24F2N2O4. The van der Waals surface area contributed by atoms with E-state index in [2.05, 4.69) is 10.1 Å². The minimum atomic E-state index is -3.03. The molecule has 0 bridgehead atoms. The molecule has 2 amide bonds. The summed E-state index contributed by atoms with van der Waals surface area (Å²) < 4.78 is 35.0. The first kappa shape index (κ1) is 22.9. The summed E-state index contributed by atoms with van der Waals surface area (Å²) in [5.74, 6) is -0.656. The number of hydrogen-bond acceptors (Lipinski definition) is 4. The number of rotatable bonds is 9. The number of amides is 2. The van der Waals surface area contributed by atoms with Crippen molar-refractivity contribution >= 4 is 23.6 Å². The van der Waals surface area contributed by atoms with Crippen molar-refractivity contribution in [1.29, 1.82) is 0 Å². The van der Waals surface area contributed by atoms with Crippen molar-refractivity contribution in [2.45, 2.75) is 20.5 Å². The largest absolute Gasteiger partial charge is 0.493 e. The van der Waals surface area contributed by atoms with Crippen LogP contribution in [0.1, 0.15) is 29.8 Å². The van der Waals surface area contributed by atoms with Crippen molar-refractivity contribution in [2.24, 2.45) is 0 Å². The minimum Gasteiger partial charge on any atom is -0.493 e. The molecule has 2 rings (SSSR count). The fraction of sp³-hybridized carbons (Fsp3) is 0.273. The predicted octanol–water partition coefficient (Wildman–Crippen LogP) is 4.43. The predicted molar refractivity (Wildman–Crippen MR) is 111 cm³/mol. The molecule has 30 heavy (non-hydrogen) atoms. The number of halogens is 2. The van der Waals surface area contributed by atoms with Gasteiger partial charge in [0.1, 0.15) is 0 Å². The second-order valence-electron chi connectivity index (χ2n) is 6.14. The van der Waals surface area contributed by atoms with Crippen LogP contribution in [0.15, 0.2) is 48.5 Å². The van der Waals surface area contributed by atoms with Gasteiger partial charge in [0, 0.05) is 36.0 Å². The van der Waals surface area contributed by atoms with Gasteiger partial charge in [-0.05, 0) is 44.2 Å². The van der Waals surface area contributed by atoms with Crippen LogP contribution in [0.25, 0.3) is 6.08 Å². The Morgan fingerprint density at radius 3 is 2.47 bits per heavy atom. The fourth-order valence-electron chi connectivity index (χ4n) is 2.81. The molecule has 0 heterocycles. The molecule has 0 aliphatic rings. The molecule has 0 fully saturated rings. The maximum absolute atomic E-state index is 12.7. The summed E-state index contributed by atoms with van der Waals surface area (Å²) in [7, 11) is 1.33. The Hall–Kier alpha value is -3.42. The van der Waals surface area contributed by atoms with Gasteiger partial charge in [-0.1, -0.05) is 18.2 Å². The molecule has 0 saturated carbocycles. The summed E-state index contributed by atoms with van der Waals surface area (Å²) >= 11 is 0. The van der Waals surface area contributed by atoms with Crippen molar-refractivity contribution in [1.82, 2.24) is 4.90 Å². The van der Waals surface area contributed by atoms with Gasteiger partial charge in [0.05, 0.1) is 7.11 Å². The van der Waals surface area contributed by atoms with Crippen molar-refractivity contribution in [2.75, 3.05) is 25.5 Å². The molecule has 0 unspecified atom stereocenters. The summed E-state index contributed by atoms with van der Waals surface area (Å²) in [6, 6.07) is 11.2. The van der Waals surface area contributed by atoms with Gasteiger partial charge >= 0.3 is 6.61 Å². The molecule has 0 aromatic heterocycles. The highest BCUT2D eigenvalue weighted by Crippen LogP contribution is 2.33. The van der Waals surface area contributed by atoms with E-state index in [1.54, 1.807) is 35.2 Å². The van der Waals surface area contributed by atoms with Crippen molar-refractivity contribution in [3.63, 3.8) is 0 Å². The Kier molecular flexibility index (Phi) is 8.34. The highest BCUT2D eigenvalue weighted by molar-refractivity contribution is 6.03. The van der Waals surface area contributed by atoms with Crippen LogP contribution in [0, 0.1) is 0 Å². The number of carbonyl (C=O) groups excluding carboxylic acids is 2. The number of anilines is 1. The maximum atomic E-state index is 12.7. The van der Waals surface area contributed by atoms with Crippen LogP contribution in [0.2, 0.25) is 0 Å². The van der Waals surface area contributed by atoms with Gasteiger partial charge in [-0.3, -0.25) is 9.59 Å². The van der Waals surface area contributed by atoms with Crippen LogP contribution in [0.4, 0.5) is 14.5 Å². The first-order valence-electron chi connectivity index (χ1n) is 9.39. The zero-order valence-corrected chi connectivity index (χ0v) is 17.0. The molecule has 0 atom stereocenters. The molecule has 0 aliphatic carbocycles. The van der Waals surface area contributed by atoms with E-state index in [1.165, 1.54) is 31.4 Å². The molecule has 0 saturated heterocycles. The van der Waals surface area contributed by atoms with Crippen LogP contribution in [0.3, 0.4) is 0 Å². The van der Waals surface area contributed by atoms with Crippen molar-refractivity contribution in [3.05, 3.63) is 59.7 Å².